The van der Waals surface area contributed by atoms with Gasteiger partial charge in [0.25, 0.3) is 5.91 Å². The maximum atomic E-state index is 12.3. The van der Waals surface area contributed by atoms with Gasteiger partial charge >= 0.3 is 0 Å². The maximum Gasteiger partial charge on any atom is 0.273 e. The van der Waals surface area contributed by atoms with Gasteiger partial charge in [-0.05, 0) is 25.7 Å². The molecule has 1 aliphatic carbocycles. The van der Waals surface area contributed by atoms with E-state index in [1.54, 1.807) is 29.5 Å². The molecule has 0 spiro atoms. The summed E-state index contributed by atoms with van der Waals surface area (Å²) in [6.07, 6.45) is 12.5. The summed E-state index contributed by atoms with van der Waals surface area (Å²) in [5, 5.41) is 11.0. The molecule has 0 aliphatic heterocycles. The number of carbonyl (C=O) groups is 1. The smallest absolute Gasteiger partial charge is 0.273 e. The van der Waals surface area contributed by atoms with Crippen LogP contribution in [-0.4, -0.2) is 41.3 Å². The van der Waals surface area contributed by atoms with Gasteiger partial charge in [0, 0.05) is 18.4 Å². The molecule has 1 saturated carbocycles. The molecule has 0 aromatic carbocycles. The quantitative estimate of drug-likeness (QED) is 0.722. The van der Waals surface area contributed by atoms with E-state index < -0.39 is 0 Å². The largest absolute Gasteiger partial charge is 0.345 e. The first-order chi connectivity index (χ1) is 12.2. The number of amides is 1. The number of aromatic nitrogens is 6. The molecule has 1 aliphatic rings. The highest BCUT2D eigenvalue weighted by molar-refractivity contribution is 5.91. The summed E-state index contributed by atoms with van der Waals surface area (Å²) in [5.74, 6) is -0.247. The summed E-state index contributed by atoms with van der Waals surface area (Å²) < 4.78 is 3.68. The molecule has 1 fully saturated rings. The molecule has 1 amide bonds. The second kappa shape index (κ2) is 6.60. The van der Waals surface area contributed by atoms with Crippen molar-refractivity contribution in [2.45, 2.75) is 44.3 Å². The average Bonchev–Trinajstić information content (AvgIpc) is 3.28. The van der Waals surface area contributed by atoms with Crippen molar-refractivity contribution < 1.29 is 4.79 Å². The van der Waals surface area contributed by atoms with E-state index in [1.807, 2.05) is 10.6 Å². The second-order valence-electron chi connectivity index (χ2n) is 6.39. The highest BCUT2D eigenvalue weighted by Gasteiger charge is 2.22. The van der Waals surface area contributed by atoms with Crippen molar-refractivity contribution in [2.75, 3.05) is 0 Å². The molecule has 3 aromatic heterocycles. The molecule has 25 heavy (non-hydrogen) atoms. The Labute approximate surface area is 144 Å². The predicted molar refractivity (Wildman–Crippen MR) is 89.7 cm³/mol. The number of carbonyl (C=O) groups excluding carboxylic acids is 1. The summed E-state index contributed by atoms with van der Waals surface area (Å²) in [6, 6.07) is 0.559. The van der Waals surface area contributed by atoms with Gasteiger partial charge in [-0.25, -0.2) is 9.67 Å². The standard InChI is InChI=1S/C16H20N8O/c17-11-1-3-12(4-2-11)24-10-14(21-22-24)16(25)20-8-13-7-19-15-9-18-5-6-23(13)15/h5-7,9-12H,1-4,8,17H2,(H,20,25). The van der Waals surface area contributed by atoms with E-state index in [2.05, 4.69) is 25.6 Å². The zero-order valence-corrected chi connectivity index (χ0v) is 13.7. The lowest BCUT2D eigenvalue weighted by atomic mass is 9.92. The Balaban J connectivity index is 1.40. The van der Waals surface area contributed by atoms with Gasteiger partial charge in [-0.1, -0.05) is 5.21 Å². The minimum absolute atomic E-state index is 0.247. The Morgan fingerprint density at radius 3 is 2.96 bits per heavy atom. The topological polar surface area (TPSA) is 116 Å². The van der Waals surface area contributed by atoms with E-state index in [4.69, 9.17) is 5.73 Å². The molecular weight excluding hydrogens is 320 g/mol. The number of nitrogens with two attached hydrogens (primary N) is 1. The van der Waals surface area contributed by atoms with Crippen LogP contribution < -0.4 is 11.1 Å². The first kappa shape index (κ1) is 15.7. The van der Waals surface area contributed by atoms with Crippen molar-refractivity contribution >= 4 is 11.6 Å². The monoisotopic (exact) mass is 340 g/mol. The fraction of sp³-hybridized carbons (Fsp3) is 0.438. The lowest BCUT2D eigenvalue weighted by molar-refractivity contribution is 0.0945. The molecular formula is C16H20N8O. The average molecular weight is 340 g/mol. The Bertz CT molecular complexity index is 877. The number of hydrogen-bond acceptors (Lipinski definition) is 6. The fourth-order valence-electron chi connectivity index (χ4n) is 3.21. The number of imidazole rings is 1. The Kier molecular flexibility index (Phi) is 4.14. The van der Waals surface area contributed by atoms with Gasteiger partial charge in [-0.2, -0.15) is 0 Å². The molecule has 3 heterocycles. The molecule has 9 heteroatoms. The van der Waals surface area contributed by atoms with Crippen LogP contribution in [0.25, 0.3) is 5.65 Å². The van der Waals surface area contributed by atoms with Crippen LogP contribution in [0.2, 0.25) is 0 Å². The molecule has 3 aromatic rings. The predicted octanol–water partition coefficient (Wildman–Crippen LogP) is 0.693. The first-order valence-corrected chi connectivity index (χ1v) is 8.42. The Morgan fingerprint density at radius 1 is 1.28 bits per heavy atom. The van der Waals surface area contributed by atoms with Gasteiger partial charge in [-0.3, -0.25) is 14.2 Å². The van der Waals surface area contributed by atoms with E-state index in [9.17, 15) is 4.79 Å². The van der Waals surface area contributed by atoms with E-state index in [0.717, 1.165) is 37.0 Å². The van der Waals surface area contributed by atoms with Crippen molar-refractivity contribution in [3.8, 4) is 0 Å². The van der Waals surface area contributed by atoms with Crippen LogP contribution >= 0.6 is 0 Å². The van der Waals surface area contributed by atoms with Gasteiger partial charge in [0.05, 0.1) is 36.9 Å². The van der Waals surface area contributed by atoms with E-state index in [1.165, 1.54) is 0 Å². The Morgan fingerprint density at radius 2 is 2.12 bits per heavy atom. The van der Waals surface area contributed by atoms with Crippen LogP contribution in [0.1, 0.15) is 47.9 Å². The molecule has 0 saturated heterocycles. The van der Waals surface area contributed by atoms with Gasteiger partial charge in [0.1, 0.15) is 0 Å². The number of nitrogens with one attached hydrogen (secondary N) is 1. The van der Waals surface area contributed by atoms with Gasteiger partial charge in [0.2, 0.25) is 0 Å². The first-order valence-electron chi connectivity index (χ1n) is 8.42. The van der Waals surface area contributed by atoms with Crippen LogP contribution in [0.4, 0.5) is 0 Å². The summed E-state index contributed by atoms with van der Waals surface area (Å²) >= 11 is 0. The summed E-state index contributed by atoms with van der Waals surface area (Å²) in [4.78, 5) is 20.6. The zero-order valence-electron chi connectivity index (χ0n) is 13.7. The van der Waals surface area contributed by atoms with Crippen molar-refractivity contribution in [2.24, 2.45) is 5.73 Å². The third-order valence-electron chi connectivity index (χ3n) is 4.68. The third kappa shape index (κ3) is 3.22. The third-order valence-corrected chi connectivity index (χ3v) is 4.68. The molecule has 130 valence electrons. The van der Waals surface area contributed by atoms with Gasteiger partial charge < -0.3 is 11.1 Å². The fourth-order valence-corrected chi connectivity index (χ4v) is 3.21. The summed E-state index contributed by atoms with van der Waals surface area (Å²) in [5.41, 5.74) is 7.88. The maximum absolute atomic E-state index is 12.3. The zero-order chi connectivity index (χ0) is 17.2. The van der Waals surface area contributed by atoms with Crippen LogP contribution in [-0.2, 0) is 6.54 Å². The number of nitrogens with zero attached hydrogens (tertiary/aromatic N) is 6. The highest BCUT2D eigenvalue weighted by Crippen LogP contribution is 2.26. The normalized spacial score (nSPS) is 20.7. The van der Waals surface area contributed by atoms with Crippen molar-refractivity contribution in [1.29, 1.82) is 0 Å². The molecule has 3 N–H and O–H groups in total. The molecule has 0 bridgehead atoms. The van der Waals surface area contributed by atoms with Crippen LogP contribution in [0.5, 0.6) is 0 Å². The molecule has 0 atom stereocenters. The van der Waals surface area contributed by atoms with Crippen LogP contribution in [0.15, 0.2) is 31.0 Å². The molecule has 0 unspecified atom stereocenters. The molecule has 0 radical (unpaired) electrons. The van der Waals surface area contributed by atoms with Crippen molar-refractivity contribution in [3.63, 3.8) is 0 Å². The van der Waals surface area contributed by atoms with E-state index >= 15 is 0 Å². The Hall–Kier alpha value is -2.81. The molecule has 9 nitrogen and oxygen atoms in total. The number of rotatable bonds is 4. The number of fused-ring (bicyclic) bond motifs is 1. The van der Waals surface area contributed by atoms with E-state index in [0.29, 0.717) is 12.2 Å². The van der Waals surface area contributed by atoms with Crippen molar-refractivity contribution in [1.82, 2.24) is 34.7 Å². The van der Waals surface area contributed by atoms with E-state index in [-0.39, 0.29) is 18.0 Å². The van der Waals surface area contributed by atoms with Crippen LogP contribution in [0, 0.1) is 0 Å². The summed E-state index contributed by atoms with van der Waals surface area (Å²) in [7, 11) is 0. The molecule has 4 rings (SSSR count). The lowest BCUT2D eigenvalue weighted by Crippen LogP contribution is -2.28. The van der Waals surface area contributed by atoms with Crippen molar-refractivity contribution in [3.05, 3.63) is 42.4 Å². The SMILES string of the molecule is NC1CCC(n2cc(C(=O)NCc3cnc4cnccn34)nn2)CC1. The van der Waals surface area contributed by atoms with Gasteiger partial charge in [0.15, 0.2) is 11.3 Å². The minimum Gasteiger partial charge on any atom is -0.345 e. The number of hydrogen-bond donors (Lipinski definition) is 2. The second-order valence-corrected chi connectivity index (χ2v) is 6.39. The highest BCUT2D eigenvalue weighted by atomic mass is 16.2. The minimum atomic E-state index is -0.247. The lowest BCUT2D eigenvalue weighted by Gasteiger charge is -2.25. The van der Waals surface area contributed by atoms with Crippen LogP contribution in [0.3, 0.4) is 0 Å². The van der Waals surface area contributed by atoms with Gasteiger partial charge in [-0.15, -0.1) is 5.10 Å². The summed E-state index contributed by atoms with van der Waals surface area (Å²) in [6.45, 7) is 0.356.